The molecule has 3 rings (SSSR count). The lowest BCUT2D eigenvalue weighted by molar-refractivity contribution is -0.0520. The number of amides is 1. The summed E-state index contributed by atoms with van der Waals surface area (Å²) in [6.07, 6.45) is 3.19. The molecule has 0 unspecified atom stereocenters. The van der Waals surface area contributed by atoms with Gasteiger partial charge in [0.15, 0.2) is 11.6 Å². The fourth-order valence-electron chi connectivity index (χ4n) is 2.37. The maximum absolute atomic E-state index is 13.7. The van der Waals surface area contributed by atoms with Gasteiger partial charge >= 0.3 is 6.61 Å². The second-order valence-corrected chi connectivity index (χ2v) is 7.08. The molecule has 0 spiro atoms. The minimum atomic E-state index is -3.11. The highest BCUT2D eigenvalue weighted by Crippen LogP contribution is 2.28. The largest absolute Gasteiger partial charge is 0.432 e. The van der Waals surface area contributed by atoms with Crippen LogP contribution in [0.1, 0.15) is 23.2 Å². The molecule has 1 aliphatic rings. The number of ether oxygens (including phenoxy) is 1. The van der Waals surface area contributed by atoms with E-state index in [2.05, 4.69) is 37.6 Å². The van der Waals surface area contributed by atoms with E-state index in [1.165, 1.54) is 12.3 Å². The van der Waals surface area contributed by atoms with Gasteiger partial charge < -0.3 is 10.1 Å². The van der Waals surface area contributed by atoms with E-state index in [0.717, 1.165) is 25.0 Å². The normalized spacial score (nSPS) is 20.4. The molecular weight excluding hydrogens is 424 g/mol. The van der Waals surface area contributed by atoms with Gasteiger partial charge in [-0.05, 0) is 25.0 Å². The molecule has 2 aromatic rings. The summed E-state index contributed by atoms with van der Waals surface area (Å²) in [6.45, 7) is -3.11. The van der Waals surface area contributed by atoms with Gasteiger partial charge in [-0.1, -0.05) is 22.6 Å². The molecule has 1 saturated carbocycles. The van der Waals surface area contributed by atoms with Crippen molar-refractivity contribution in [2.75, 3.05) is 0 Å². The predicted octanol–water partition coefficient (Wildman–Crippen LogP) is 3.67. The van der Waals surface area contributed by atoms with Crippen molar-refractivity contribution in [1.82, 2.24) is 10.3 Å². The number of alkyl halides is 3. The molecule has 122 valence electrons. The van der Waals surface area contributed by atoms with Crippen LogP contribution in [0.3, 0.4) is 0 Å². The van der Waals surface area contributed by atoms with Crippen molar-refractivity contribution in [3.63, 3.8) is 0 Å². The Bertz CT molecular complexity index is 751. The summed E-state index contributed by atoms with van der Waals surface area (Å²) < 4.78 is 42.8. The molecule has 1 aromatic heterocycles. The zero-order chi connectivity index (χ0) is 16.6. The molecule has 0 radical (unpaired) electrons. The van der Waals surface area contributed by atoms with Crippen molar-refractivity contribution in [1.29, 1.82) is 0 Å². The number of pyridine rings is 1. The van der Waals surface area contributed by atoms with E-state index < -0.39 is 18.2 Å². The summed E-state index contributed by atoms with van der Waals surface area (Å²) in [5, 5.41) is 3.22. The van der Waals surface area contributed by atoms with Crippen LogP contribution in [0.5, 0.6) is 5.75 Å². The number of hydrogen-bond acceptors (Lipinski definition) is 3. The molecule has 0 aliphatic heterocycles. The summed E-state index contributed by atoms with van der Waals surface area (Å²) in [7, 11) is 0. The van der Waals surface area contributed by atoms with Gasteiger partial charge in [0.05, 0.1) is 11.1 Å². The number of nitrogens with one attached hydrogen (secondary N) is 1. The maximum atomic E-state index is 13.7. The van der Waals surface area contributed by atoms with Crippen molar-refractivity contribution >= 4 is 39.4 Å². The number of hydrogen-bond donors (Lipinski definition) is 1. The molecule has 1 N–H and O–H groups in total. The van der Waals surface area contributed by atoms with Crippen molar-refractivity contribution in [2.45, 2.75) is 29.4 Å². The minimum absolute atomic E-state index is 0.152. The summed E-state index contributed by atoms with van der Waals surface area (Å²) in [6, 6.07) is 3.75. The Morgan fingerprint density at radius 2 is 2.09 bits per heavy atom. The van der Waals surface area contributed by atoms with E-state index in [4.69, 9.17) is 0 Å². The molecule has 8 heteroatoms. The van der Waals surface area contributed by atoms with Crippen molar-refractivity contribution in [3.05, 3.63) is 35.8 Å². The number of benzene rings is 1. The lowest BCUT2D eigenvalue weighted by atomic mass is 9.93. The molecule has 0 saturated heterocycles. The first-order valence-corrected chi connectivity index (χ1v) is 8.16. The van der Waals surface area contributed by atoms with Crippen LogP contribution in [0.25, 0.3) is 10.9 Å². The molecule has 0 atom stereocenters. The van der Waals surface area contributed by atoms with E-state index in [0.29, 0.717) is 14.9 Å². The van der Waals surface area contributed by atoms with Gasteiger partial charge in [0.25, 0.3) is 5.91 Å². The second-order valence-electron chi connectivity index (χ2n) is 5.32. The number of carbonyl (C=O) groups excluding carboxylic acids is 1. The van der Waals surface area contributed by atoms with Gasteiger partial charge in [-0.3, -0.25) is 9.78 Å². The fraction of sp³-hybridized carbons (Fsp3) is 0.333. The Morgan fingerprint density at radius 1 is 1.35 bits per heavy atom. The molecule has 4 nitrogen and oxygen atoms in total. The maximum Gasteiger partial charge on any atom is 0.387 e. The van der Waals surface area contributed by atoms with E-state index in [1.54, 1.807) is 0 Å². The number of carbonyl (C=O) groups is 1. The number of fused-ring (bicyclic) bond motifs is 1. The predicted molar refractivity (Wildman–Crippen MR) is 86.6 cm³/mol. The monoisotopic (exact) mass is 436 g/mol. The summed E-state index contributed by atoms with van der Waals surface area (Å²) in [5.41, 5.74) is 0.575. The lowest BCUT2D eigenvalue weighted by Gasteiger charge is -2.31. The Morgan fingerprint density at radius 3 is 2.74 bits per heavy atom. The molecular formula is C15H12F3IN2O2. The van der Waals surface area contributed by atoms with Crippen LogP contribution in [-0.2, 0) is 0 Å². The number of aromatic nitrogens is 1. The molecule has 0 bridgehead atoms. The van der Waals surface area contributed by atoms with Crippen LogP contribution >= 0.6 is 22.6 Å². The zero-order valence-electron chi connectivity index (χ0n) is 11.7. The van der Waals surface area contributed by atoms with Gasteiger partial charge in [0.2, 0.25) is 0 Å². The number of halogens is 4. The zero-order valence-corrected chi connectivity index (χ0v) is 13.9. The Balaban J connectivity index is 1.82. The Kier molecular flexibility index (Phi) is 4.60. The topological polar surface area (TPSA) is 51.2 Å². The standard InChI is InChI=1S/C15H12F3IN2O2/c16-11-2-7-1-8(14(22)21-10-3-9(19)4-10)6-20-12(7)5-13(11)23-15(17)18/h1-2,5-6,9-10,15H,3-4H2,(H,21,22). The van der Waals surface area contributed by atoms with Crippen LogP contribution < -0.4 is 10.1 Å². The third-order valence-corrected chi connectivity index (χ3v) is 4.65. The average molecular weight is 436 g/mol. The van der Waals surface area contributed by atoms with Gasteiger partial charge in [-0.2, -0.15) is 8.78 Å². The first-order valence-electron chi connectivity index (χ1n) is 6.91. The molecule has 1 amide bonds. The van der Waals surface area contributed by atoms with E-state index in [9.17, 15) is 18.0 Å². The van der Waals surface area contributed by atoms with E-state index >= 15 is 0 Å². The van der Waals surface area contributed by atoms with Crippen LogP contribution in [0.4, 0.5) is 13.2 Å². The highest BCUT2D eigenvalue weighted by Gasteiger charge is 2.28. The van der Waals surface area contributed by atoms with Crippen molar-refractivity contribution in [3.8, 4) is 5.75 Å². The summed E-state index contributed by atoms with van der Waals surface area (Å²) in [4.78, 5) is 16.1. The van der Waals surface area contributed by atoms with Gasteiger partial charge in [0.1, 0.15) is 0 Å². The van der Waals surface area contributed by atoms with Gasteiger partial charge in [0, 0.05) is 27.6 Å². The highest BCUT2D eigenvalue weighted by atomic mass is 127. The minimum Gasteiger partial charge on any atom is -0.432 e. The second kappa shape index (κ2) is 6.50. The molecule has 1 aromatic carbocycles. The summed E-state index contributed by atoms with van der Waals surface area (Å²) >= 11 is 2.33. The smallest absolute Gasteiger partial charge is 0.387 e. The lowest BCUT2D eigenvalue weighted by Crippen LogP contribution is -2.44. The van der Waals surface area contributed by atoms with E-state index in [-0.39, 0.29) is 17.5 Å². The van der Waals surface area contributed by atoms with Crippen molar-refractivity contribution in [2.24, 2.45) is 0 Å². The van der Waals surface area contributed by atoms with Crippen LogP contribution in [0.2, 0.25) is 0 Å². The van der Waals surface area contributed by atoms with Crippen LogP contribution in [0, 0.1) is 5.82 Å². The third-order valence-electron chi connectivity index (χ3n) is 3.63. The molecule has 23 heavy (non-hydrogen) atoms. The highest BCUT2D eigenvalue weighted by molar-refractivity contribution is 14.1. The summed E-state index contributed by atoms with van der Waals surface area (Å²) in [5.74, 6) is -1.77. The quantitative estimate of drug-likeness (QED) is 0.588. The Labute approximate surface area is 143 Å². The van der Waals surface area contributed by atoms with E-state index in [1.807, 2.05) is 0 Å². The van der Waals surface area contributed by atoms with Gasteiger partial charge in [-0.25, -0.2) is 4.39 Å². The number of rotatable bonds is 4. The number of nitrogens with zero attached hydrogens (tertiary/aromatic N) is 1. The molecule has 1 fully saturated rings. The first kappa shape index (κ1) is 16.3. The molecule has 1 aliphatic carbocycles. The third kappa shape index (κ3) is 3.67. The Hall–Kier alpha value is -1.58. The fourth-order valence-corrected chi connectivity index (χ4v) is 3.60. The molecule has 1 heterocycles. The SMILES string of the molecule is O=C(NC1CC(I)C1)c1cnc2cc(OC(F)F)c(F)cc2c1. The van der Waals surface area contributed by atoms with Crippen LogP contribution in [-0.4, -0.2) is 27.5 Å². The van der Waals surface area contributed by atoms with Crippen molar-refractivity contribution < 1.29 is 22.7 Å². The average Bonchev–Trinajstić information content (AvgIpc) is 2.45. The van der Waals surface area contributed by atoms with Crippen LogP contribution in [0.15, 0.2) is 24.4 Å². The first-order chi connectivity index (χ1) is 10.9. The van der Waals surface area contributed by atoms with Gasteiger partial charge in [-0.15, -0.1) is 0 Å².